The van der Waals surface area contributed by atoms with Crippen LogP contribution in [0, 0.1) is 0 Å². The van der Waals surface area contributed by atoms with Gasteiger partial charge in [-0.2, -0.15) is 5.10 Å². The summed E-state index contributed by atoms with van der Waals surface area (Å²) in [5, 5.41) is 7.28. The van der Waals surface area contributed by atoms with Crippen molar-refractivity contribution in [3.05, 3.63) is 5.69 Å². The molecule has 0 unspecified atom stereocenters. The van der Waals surface area contributed by atoms with Crippen molar-refractivity contribution in [1.29, 1.82) is 0 Å². The molecule has 0 radical (unpaired) electrons. The van der Waals surface area contributed by atoms with Crippen molar-refractivity contribution >= 4 is 17.4 Å². The van der Waals surface area contributed by atoms with Gasteiger partial charge in [0.05, 0.1) is 11.4 Å². The van der Waals surface area contributed by atoms with Crippen LogP contribution in [-0.4, -0.2) is 22.2 Å². The second-order valence-corrected chi connectivity index (χ2v) is 3.33. The quantitative estimate of drug-likeness (QED) is 0.630. The first-order valence-corrected chi connectivity index (χ1v) is 4.89. The smallest absolute Gasteiger partial charge is 0.219 e. The molecule has 6 nitrogen and oxygen atoms in total. The zero-order valence-electron chi connectivity index (χ0n) is 9.08. The largest absolute Gasteiger partial charge is 0.394 e. The van der Waals surface area contributed by atoms with Crippen LogP contribution >= 0.6 is 0 Å². The van der Waals surface area contributed by atoms with Gasteiger partial charge in [0.15, 0.2) is 0 Å². The number of nitrogens with zero attached hydrogens (tertiary/aromatic N) is 2. The zero-order valence-corrected chi connectivity index (χ0v) is 9.08. The van der Waals surface area contributed by atoms with E-state index in [4.69, 9.17) is 11.5 Å². The highest BCUT2D eigenvalue weighted by Crippen LogP contribution is 2.21. The van der Waals surface area contributed by atoms with Gasteiger partial charge in [0.25, 0.3) is 0 Å². The number of primary amides is 1. The van der Waals surface area contributed by atoms with Crippen LogP contribution in [-0.2, 0) is 18.3 Å². The molecule has 0 aliphatic heterocycles. The Balaban J connectivity index is 2.68. The van der Waals surface area contributed by atoms with Crippen LogP contribution < -0.4 is 16.8 Å². The van der Waals surface area contributed by atoms with Gasteiger partial charge in [0.2, 0.25) is 5.91 Å². The van der Waals surface area contributed by atoms with E-state index >= 15 is 0 Å². The second kappa shape index (κ2) is 4.68. The SMILES string of the molecule is CCc1nn(C)c(NCCC(N)=O)c1N. The zero-order chi connectivity index (χ0) is 11.4. The van der Waals surface area contributed by atoms with E-state index < -0.39 is 0 Å². The Labute approximate surface area is 88.6 Å². The molecular weight excluding hydrogens is 194 g/mol. The number of carbonyl (C=O) groups excluding carboxylic acids is 1. The Morgan fingerprint density at radius 2 is 2.27 bits per heavy atom. The second-order valence-electron chi connectivity index (χ2n) is 3.33. The molecule has 0 aromatic carbocycles. The maximum absolute atomic E-state index is 10.5. The number of anilines is 2. The lowest BCUT2D eigenvalue weighted by molar-refractivity contribution is -0.117. The van der Waals surface area contributed by atoms with Crippen LogP contribution in [0.25, 0.3) is 0 Å². The van der Waals surface area contributed by atoms with E-state index in [0.717, 1.165) is 17.9 Å². The summed E-state index contributed by atoms with van der Waals surface area (Å²) in [5.41, 5.74) is 12.4. The number of aryl methyl sites for hydroxylation is 2. The predicted octanol–water partition coefficient (Wildman–Crippen LogP) is -0.148. The van der Waals surface area contributed by atoms with Gasteiger partial charge < -0.3 is 16.8 Å². The summed E-state index contributed by atoms with van der Waals surface area (Å²) in [6.45, 7) is 2.47. The number of aromatic nitrogens is 2. The Morgan fingerprint density at radius 3 is 2.73 bits per heavy atom. The van der Waals surface area contributed by atoms with Crippen LogP contribution in [0.3, 0.4) is 0 Å². The number of hydrogen-bond acceptors (Lipinski definition) is 4. The van der Waals surface area contributed by atoms with Crippen molar-refractivity contribution < 1.29 is 4.79 Å². The summed E-state index contributed by atoms with van der Waals surface area (Å²) < 4.78 is 1.68. The summed E-state index contributed by atoms with van der Waals surface area (Å²) in [4.78, 5) is 10.5. The number of hydrogen-bond donors (Lipinski definition) is 3. The van der Waals surface area contributed by atoms with Gasteiger partial charge in [-0.25, -0.2) is 0 Å². The molecule has 5 N–H and O–H groups in total. The van der Waals surface area contributed by atoms with Crippen LogP contribution in [0.4, 0.5) is 11.5 Å². The Bertz CT molecular complexity index is 358. The normalized spacial score (nSPS) is 10.3. The van der Waals surface area contributed by atoms with E-state index in [9.17, 15) is 4.79 Å². The average molecular weight is 211 g/mol. The van der Waals surface area contributed by atoms with Crippen molar-refractivity contribution in [3.63, 3.8) is 0 Å². The molecular formula is C9H17N5O. The number of nitrogens with two attached hydrogens (primary N) is 2. The molecule has 0 fully saturated rings. The van der Waals surface area contributed by atoms with Crippen molar-refractivity contribution in [2.45, 2.75) is 19.8 Å². The lowest BCUT2D eigenvalue weighted by atomic mass is 10.3. The highest BCUT2D eigenvalue weighted by molar-refractivity contribution is 5.74. The fourth-order valence-corrected chi connectivity index (χ4v) is 1.37. The molecule has 0 aliphatic rings. The number of nitrogen functional groups attached to an aromatic ring is 1. The van der Waals surface area contributed by atoms with Crippen molar-refractivity contribution in [2.75, 3.05) is 17.6 Å². The van der Waals surface area contributed by atoms with E-state index in [-0.39, 0.29) is 12.3 Å². The summed E-state index contributed by atoms with van der Waals surface area (Å²) in [6, 6.07) is 0. The van der Waals surface area contributed by atoms with Gasteiger partial charge in [0, 0.05) is 20.0 Å². The lowest BCUT2D eigenvalue weighted by Gasteiger charge is -2.05. The summed E-state index contributed by atoms with van der Waals surface area (Å²) in [6.07, 6.45) is 1.07. The lowest BCUT2D eigenvalue weighted by Crippen LogP contribution is -2.17. The molecule has 0 bridgehead atoms. The monoisotopic (exact) mass is 211 g/mol. The molecule has 0 aliphatic carbocycles. The highest BCUT2D eigenvalue weighted by atomic mass is 16.1. The summed E-state index contributed by atoms with van der Waals surface area (Å²) in [5.74, 6) is 0.409. The standard InChI is InChI=1S/C9H17N5O/c1-3-6-8(11)9(14(2)13-6)12-5-4-7(10)15/h12H,3-5,11H2,1-2H3,(H2,10,15). The number of rotatable bonds is 5. The first-order chi connectivity index (χ1) is 7.06. The fourth-order valence-electron chi connectivity index (χ4n) is 1.37. The molecule has 0 spiro atoms. The molecule has 0 saturated carbocycles. The Morgan fingerprint density at radius 1 is 1.60 bits per heavy atom. The topological polar surface area (TPSA) is 99.0 Å². The van der Waals surface area contributed by atoms with E-state index in [1.54, 1.807) is 4.68 Å². The van der Waals surface area contributed by atoms with Crippen LogP contribution in [0.1, 0.15) is 19.0 Å². The van der Waals surface area contributed by atoms with E-state index in [1.807, 2.05) is 14.0 Å². The third kappa shape index (κ3) is 2.61. The van der Waals surface area contributed by atoms with Gasteiger partial charge in [-0.05, 0) is 6.42 Å². The Kier molecular flexibility index (Phi) is 3.54. The number of nitrogens with one attached hydrogen (secondary N) is 1. The third-order valence-corrected chi connectivity index (χ3v) is 2.16. The Hall–Kier alpha value is -1.72. The highest BCUT2D eigenvalue weighted by Gasteiger charge is 2.10. The van der Waals surface area contributed by atoms with Gasteiger partial charge in [-0.1, -0.05) is 6.92 Å². The van der Waals surface area contributed by atoms with Crippen LogP contribution in [0.5, 0.6) is 0 Å². The van der Waals surface area contributed by atoms with E-state index in [0.29, 0.717) is 12.2 Å². The van der Waals surface area contributed by atoms with Gasteiger partial charge in [-0.3, -0.25) is 9.48 Å². The third-order valence-electron chi connectivity index (χ3n) is 2.16. The van der Waals surface area contributed by atoms with Crippen LogP contribution in [0.2, 0.25) is 0 Å². The van der Waals surface area contributed by atoms with Crippen LogP contribution in [0.15, 0.2) is 0 Å². The fraction of sp³-hybridized carbons (Fsp3) is 0.556. The van der Waals surface area contributed by atoms with Crippen molar-refractivity contribution in [1.82, 2.24) is 9.78 Å². The van der Waals surface area contributed by atoms with E-state index in [2.05, 4.69) is 10.4 Å². The summed E-state index contributed by atoms with van der Waals surface area (Å²) >= 11 is 0. The van der Waals surface area contributed by atoms with Crippen molar-refractivity contribution in [3.8, 4) is 0 Å². The number of amides is 1. The maximum Gasteiger partial charge on any atom is 0.219 e. The molecule has 15 heavy (non-hydrogen) atoms. The molecule has 1 heterocycles. The molecule has 1 aromatic heterocycles. The van der Waals surface area contributed by atoms with E-state index in [1.165, 1.54) is 0 Å². The predicted molar refractivity (Wildman–Crippen MR) is 59.3 cm³/mol. The molecule has 1 aromatic rings. The molecule has 0 atom stereocenters. The number of carbonyl (C=O) groups is 1. The molecule has 84 valence electrons. The molecule has 1 rings (SSSR count). The minimum absolute atomic E-state index is 0.284. The average Bonchev–Trinajstić information content (AvgIpc) is 2.44. The first-order valence-electron chi connectivity index (χ1n) is 4.89. The van der Waals surface area contributed by atoms with Gasteiger partial charge in [0.1, 0.15) is 5.82 Å². The summed E-state index contributed by atoms with van der Waals surface area (Å²) in [7, 11) is 1.81. The first kappa shape index (κ1) is 11.4. The van der Waals surface area contributed by atoms with Gasteiger partial charge in [-0.15, -0.1) is 0 Å². The molecule has 0 saturated heterocycles. The maximum atomic E-state index is 10.5. The molecule has 6 heteroatoms. The minimum atomic E-state index is -0.334. The minimum Gasteiger partial charge on any atom is -0.394 e. The van der Waals surface area contributed by atoms with Gasteiger partial charge >= 0.3 is 0 Å². The molecule has 1 amide bonds. The van der Waals surface area contributed by atoms with Crippen molar-refractivity contribution in [2.24, 2.45) is 12.8 Å².